The second kappa shape index (κ2) is 3.76. The van der Waals surface area contributed by atoms with Crippen molar-refractivity contribution in [3.8, 4) is 0 Å². The smallest absolute Gasteiger partial charge is 0.0959 e. The summed E-state index contributed by atoms with van der Waals surface area (Å²) in [6.07, 6.45) is 4.73. The zero-order valence-corrected chi connectivity index (χ0v) is 9.03. The lowest BCUT2D eigenvalue weighted by Gasteiger charge is -2.07. The first kappa shape index (κ1) is 9.16. The molecule has 1 aliphatic rings. The molecule has 72 valence electrons. The van der Waals surface area contributed by atoms with Gasteiger partial charge in [-0.05, 0) is 26.3 Å². The summed E-state index contributed by atoms with van der Waals surface area (Å²) in [5.41, 5.74) is 0. The zero-order valence-electron chi connectivity index (χ0n) is 8.21. The monoisotopic (exact) mass is 196 g/mol. The van der Waals surface area contributed by atoms with E-state index in [1.807, 2.05) is 17.5 Å². The molecule has 1 aliphatic carbocycles. The molecule has 1 N–H and O–H groups in total. The summed E-state index contributed by atoms with van der Waals surface area (Å²) in [7, 11) is 0. The second-order valence-corrected chi connectivity index (χ2v) is 4.75. The highest BCUT2D eigenvalue weighted by Crippen LogP contribution is 2.42. The zero-order chi connectivity index (χ0) is 9.26. The van der Waals surface area contributed by atoms with Gasteiger partial charge in [-0.1, -0.05) is 6.92 Å². The van der Waals surface area contributed by atoms with E-state index in [4.69, 9.17) is 0 Å². The summed E-state index contributed by atoms with van der Waals surface area (Å²) < 4.78 is 0. The van der Waals surface area contributed by atoms with Crippen LogP contribution < -0.4 is 5.32 Å². The summed E-state index contributed by atoms with van der Waals surface area (Å²) >= 11 is 1.88. The Bertz CT molecular complexity index is 278. The predicted octanol–water partition coefficient (Wildman–Crippen LogP) is 2.69. The van der Waals surface area contributed by atoms with Gasteiger partial charge in [0.25, 0.3) is 0 Å². The molecule has 1 atom stereocenters. The first-order chi connectivity index (χ1) is 6.31. The standard InChI is InChI=1S/C10H16N2S/c1-3-11-7(2)9-6-12-10(13-9)8-4-5-8/h6-8,11H,3-5H2,1-2H3. The van der Waals surface area contributed by atoms with E-state index in [-0.39, 0.29) is 0 Å². The second-order valence-electron chi connectivity index (χ2n) is 3.65. The van der Waals surface area contributed by atoms with Crippen LogP contribution in [0.3, 0.4) is 0 Å². The Morgan fingerprint density at radius 1 is 1.69 bits per heavy atom. The molecule has 0 saturated heterocycles. The number of nitrogens with one attached hydrogen (secondary N) is 1. The van der Waals surface area contributed by atoms with Gasteiger partial charge in [-0.3, -0.25) is 0 Å². The van der Waals surface area contributed by atoms with Crippen molar-refractivity contribution < 1.29 is 0 Å². The van der Waals surface area contributed by atoms with E-state index in [0.717, 1.165) is 12.5 Å². The fourth-order valence-corrected chi connectivity index (χ4v) is 2.54. The molecule has 0 aromatic carbocycles. The molecule has 0 aliphatic heterocycles. The molecular weight excluding hydrogens is 180 g/mol. The predicted molar refractivity (Wildman–Crippen MR) is 56.2 cm³/mol. The van der Waals surface area contributed by atoms with Crippen molar-refractivity contribution in [1.82, 2.24) is 10.3 Å². The van der Waals surface area contributed by atoms with E-state index in [9.17, 15) is 0 Å². The molecular formula is C10H16N2S. The van der Waals surface area contributed by atoms with Crippen LogP contribution in [0, 0.1) is 0 Å². The Morgan fingerprint density at radius 3 is 3.08 bits per heavy atom. The fourth-order valence-electron chi connectivity index (χ4n) is 1.43. The van der Waals surface area contributed by atoms with Gasteiger partial charge < -0.3 is 5.32 Å². The molecule has 1 fully saturated rings. The summed E-state index contributed by atoms with van der Waals surface area (Å²) in [4.78, 5) is 5.84. The van der Waals surface area contributed by atoms with Gasteiger partial charge in [-0.15, -0.1) is 11.3 Å². The maximum atomic E-state index is 4.46. The number of hydrogen-bond donors (Lipinski definition) is 1. The Balaban J connectivity index is 2.03. The molecule has 0 amide bonds. The van der Waals surface area contributed by atoms with Gasteiger partial charge in [0.2, 0.25) is 0 Å². The Kier molecular flexibility index (Phi) is 2.65. The number of hydrogen-bond acceptors (Lipinski definition) is 3. The normalized spacial score (nSPS) is 18.9. The van der Waals surface area contributed by atoms with Crippen LogP contribution in [-0.4, -0.2) is 11.5 Å². The molecule has 3 heteroatoms. The highest BCUT2D eigenvalue weighted by molar-refractivity contribution is 7.11. The molecule has 0 spiro atoms. The van der Waals surface area contributed by atoms with E-state index in [1.54, 1.807) is 0 Å². The van der Waals surface area contributed by atoms with Crippen molar-refractivity contribution in [2.24, 2.45) is 0 Å². The van der Waals surface area contributed by atoms with Crippen molar-refractivity contribution in [2.75, 3.05) is 6.54 Å². The molecule has 2 nitrogen and oxygen atoms in total. The summed E-state index contributed by atoms with van der Waals surface area (Å²) in [6, 6.07) is 0.468. The molecule has 0 radical (unpaired) electrons. The van der Waals surface area contributed by atoms with Gasteiger partial charge in [-0.2, -0.15) is 0 Å². The van der Waals surface area contributed by atoms with Crippen LogP contribution in [0.5, 0.6) is 0 Å². The molecule has 1 aromatic rings. The van der Waals surface area contributed by atoms with Crippen molar-refractivity contribution in [3.05, 3.63) is 16.1 Å². The van der Waals surface area contributed by atoms with Gasteiger partial charge in [-0.25, -0.2) is 4.98 Å². The number of nitrogens with zero attached hydrogens (tertiary/aromatic N) is 1. The van der Waals surface area contributed by atoms with Crippen LogP contribution >= 0.6 is 11.3 Å². The first-order valence-electron chi connectivity index (χ1n) is 5.00. The largest absolute Gasteiger partial charge is 0.310 e. The van der Waals surface area contributed by atoms with Crippen LogP contribution in [-0.2, 0) is 0 Å². The van der Waals surface area contributed by atoms with Crippen LogP contribution in [0.25, 0.3) is 0 Å². The number of rotatable bonds is 4. The van der Waals surface area contributed by atoms with Crippen molar-refractivity contribution in [2.45, 2.75) is 38.6 Å². The summed E-state index contributed by atoms with van der Waals surface area (Å²) in [6.45, 7) is 5.37. The third-order valence-corrected chi connectivity index (χ3v) is 3.75. The third-order valence-electron chi connectivity index (χ3n) is 2.41. The average Bonchev–Trinajstić information content (AvgIpc) is 2.84. The molecule has 1 heterocycles. The molecule has 1 aromatic heterocycles. The number of thiazole rings is 1. The topological polar surface area (TPSA) is 24.9 Å². The summed E-state index contributed by atoms with van der Waals surface area (Å²) in [5.74, 6) is 0.799. The van der Waals surface area contributed by atoms with E-state index in [0.29, 0.717) is 6.04 Å². The maximum Gasteiger partial charge on any atom is 0.0959 e. The van der Waals surface area contributed by atoms with Gasteiger partial charge in [0.1, 0.15) is 0 Å². The third kappa shape index (κ3) is 2.09. The lowest BCUT2D eigenvalue weighted by Crippen LogP contribution is -2.16. The summed E-state index contributed by atoms with van der Waals surface area (Å²) in [5, 5.41) is 4.75. The Morgan fingerprint density at radius 2 is 2.46 bits per heavy atom. The highest BCUT2D eigenvalue weighted by atomic mass is 32.1. The fraction of sp³-hybridized carbons (Fsp3) is 0.700. The molecule has 1 unspecified atom stereocenters. The molecule has 13 heavy (non-hydrogen) atoms. The van der Waals surface area contributed by atoms with E-state index >= 15 is 0 Å². The quantitative estimate of drug-likeness (QED) is 0.801. The maximum absolute atomic E-state index is 4.46. The van der Waals surface area contributed by atoms with Crippen LogP contribution in [0.15, 0.2) is 6.20 Å². The Hall–Kier alpha value is -0.410. The Labute approximate surface area is 83.4 Å². The lowest BCUT2D eigenvalue weighted by molar-refractivity contribution is 0.606. The van der Waals surface area contributed by atoms with Gasteiger partial charge in [0, 0.05) is 23.0 Å². The first-order valence-corrected chi connectivity index (χ1v) is 5.82. The minimum Gasteiger partial charge on any atom is -0.310 e. The van der Waals surface area contributed by atoms with Crippen LogP contribution in [0.1, 0.15) is 48.5 Å². The molecule has 2 rings (SSSR count). The van der Waals surface area contributed by atoms with Gasteiger partial charge in [0.15, 0.2) is 0 Å². The minimum atomic E-state index is 0.468. The molecule has 0 bridgehead atoms. The average molecular weight is 196 g/mol. The van der Waals surface area contributed by atoms with Gasteiger partial charge in [0.05, 0.1) is 5.01 Å². The SMILES string of the molecule is CCNC(C)c1cnc(C2CC2)s1. The van der Waals surface area contributed by atoms with Crippen molar-refractivity contribution in [1.29, 1.82) is 0 Å². The van der Waals surface area contributed by atoms with Crippen molar-refractivity contribution in [3.63, 3.8) is 0 Å². The lowest BCUT2D eigenvalue weighted by atomic mass is 10.3. The van der Waals surface area contributed by atoms with E-state index in [1.165, 1.54) is 22.7 Å². The van der Waals surface area contributed by atoms with Crippen molar-refractivity contribution >= 4 is 11.3 Å². The number of aromatic nitrogens is 1. The van der Waals surface area contributed by atoms with E-state index in [2.05, 4.69) is 24.1 Å². The van der Waals surface area contributed by atoms with Gasteiger partial charge >= 0.3 is 0 Å². The molecule has 1 saturated carbocycles. The van der Waals surface area contributed by atoms with E-state index < -0.39 is 0 Å². The van der Waals surface area contributed by atoms with Crippen LogP contribution in [0.4, 0.5) is 0 Å². The van der Waals surface area contributed by atoms with Crippen LogP contribution in [0.2, 0.25) is 0 Å². The highest BCUT2D eigenvalue weighted by Gasteiger charge is 2.27. The minimum absolute atomic E-state index is 0.468.